The number of carbonyl (C=O) groups is 1. The molecule has 0 unspecified atom stereocenters. The smallest absolute Gasteiger partial charge is 0.333 e. The number of aromatic nitrogens is 2. The van der Waals surface area contributed by atoms with Crippen LogP contribution in [0.4, 0.5) is 5.69 Å². The predicted molar refractivity (Wildman–Crippen MR) is 131 cm³/mol. The van der Waals surface area contributed by atoms with E-state index in [0.717, 1.165) is 26.5 Å². The monoisotopic (exact) mass is 474 g/mol. The molecule has 7 nitrogen and oxygen atoms in total. The minimum Gasteiger partial charge on any atom is -0.492 e. The van der Waals surface area contributed by atoms with E-state index in [1.165, 1.54) is 22.4 Å². The summed E-state index contributed by atoms with van der Waals surface area (Å²) in [4.78, 5) is 20.7. The Balaban J connectivity index is 1.36. The van der Waals surface area contributed by atoms with E-state index in [0.29, 0.717) is 13.0 Å². The van der Waals surface area contributed by atoms with Gasteiger partial charge in [-0.1, -0.05) is 36.0 Å². The molecule has 2 N–H and O–H groups in total. The van der Waals surface area contributed by atoms with Crippen molar-refractivity contribution in [2.75, 3.05) is 11.4 Å². The molecule has 2 aromatic carbocycles. The van der Waals surface area contributed by atoms with Gasteiger partial charge in [-0.25, -0.2) is 9.36 Å². The fourth-order valence-corrected chi connectivity index (χ4v) is 5.20. The van der Waals surface area contributed by atoms with Gasteiger partial charge >= 0.3 is 5.97 Å². The molecule has 1 aliphatic rings. The summed E-state index contributed by atoms with van der Waals surface area (Å²) in [5, 5.41) is 21.6. The molecular formula is C26H24N3O4S+. The second-order valence-electron chi connectivity index (χ2n) is 8.01. The molecule has 5 rings (SSSR count). The summed E-state index contributed by atoms with van der Waals surface area (Å²) in [7, 11) is 2.04. The molecule has 0 atom stereocenters. The Labute approximate surface area is 201 Å². The van der Waals surface area contributed by atoms with Crippen molar-refractivity contribution in [3.05, 3.63) is 83.5 Å². The van der Waals surface area contributed by atoms with Crippen molar-refractivity contribution in [2.24, 2.45) is 7.05 Å². The van der Waals surface area contributed by atoms with Crippen LogP contribution in [0, 0.1) is 0 Å². The average Bonchev–Trinajstić information content (AvgIpc) is 3.35. The molecule has 172 valence electrons. The number of hydrogen-bond donors (Lipinski definition) is 2. The minimum atomic E-state index is -0.533. The summed E-state index contributed by atoms with van der Waals surface area (Å²) < 4.78 is 2.83. The van der Waals surface area contributed by atoms with Gasteiger partial charge in [0.05, 0.1) is 16.1 Å². The third kappa shape index (κ3) is 4.20. The number of anilines is 1. The molecule has 0 bridgehead atoms. The maximum absolute atomic E-state index is 12.3. The fraction of sp³-hybridized carbons (Fsp3) is 0.154. The van der Waals surface area contributed by atoms with Gasteiger partial charge in [-0.15, -0.1) is 4.73 Å². The minimum absolute atomic E-state index is 0.137. The van der Waals surface area contributed by atoms with Gasteiger partial charge in [0.15, 0.2) is 6.20 Å². The SMILES string of the molecule is C[n+]1ccc(C=C2Sc3ccccc3N2CCCC(=O)On2c(O)ccc2O)c2ccccc21. The maximum Gasteiger partial charge on any atom is 0.333 e. The van der Waals surface area contributed by atoms with Gasteiger partial charge in [0.25, 0.3) is 0 Å². The number of nitrogens with zero attached hydrogens (tertiary/aromatic N) is 3. The second kappa shape index (κ2) is 9.15. The average molecular weight is 475 g/mol. The molecular weight excluding hydrogens is 450 g/mol. The van der Waals surface area contributed by atoms with Crippen molar-refractivity contribution < 1.29 is 24.4 Å². The topological polar surface area (TPSA) is 78.8 Å². The zero-order chi connectivity index (χ0) is 23.7. The fourth-order valence-electron chi connectivity index (χ4n) is 4.06. The van der Waals surface area contributed by atoms with Gasteiger partial charge in [-0.05, 0) is 36.3 Å². The van der Waals surface area contributed by atoms with Crippen LogP contribution in [0.1, 0.15) is 18.4 Å². The maximum atomic E-state index is 12.3. The number of para-hydroxylation sites is 2. The highest BCUT2D eigenvalue weighted by Gasteiger charge is 2.25. The van der Waals surface area contributed by atoms with Crippen molar-refractivity contribution in [1.82, 2.24) is 4.73 Å². The molecule has 0 amide bonds. The quantitative estimate of drug-likeness (QED) is 0.408. The van der Waals surface area contributed by atoms with E-state index in [1.54, 1.807) is 11.8 Å². The molecule has 34 heavy (non-hydrogen) atoms. The van der Waals surface area contributed by atoms with E-state index < -0.39 is 5.97 Å². The summed E-state index contributed by atoms with van der Waals surface area (Å²) >= 11 is 1.71. The van der Waals surface area contributed by atoms with Crippen molar-refractivity contribution in [2.45, 2.75) is 17.7 Å². The molecule has 0 spiro atoms. The Morgan fingerprint density at radius 1 is 1.03 bits per heavy atom. The molecule has 0 aliphatic carbocycles. The van der Waals surface area contributed by atoms with Crippen molar-refractivity contribution in [3.63, 3.8) is 0 Å². The van der Waals surface area contributed by atoms with Crippen LogP contribution < -0.4 is 14.3 Å². The number of aromatic hydroxyl groups is 2. The Bertz CT molecular complexity index is 1390. The highest BCUT2D eigenvalue weighted by molar-refractivity contribution is 8.03. The first kappa shape index (κ1) is 21.9. The number of hydrogen-bond acceptors (Lipinski definition) is 6. The first-order chi connectivity index (χ1) is 16.5. The van der Waals surface area contributed by atoms with Crippen molar-refractivity contribution in [1.29, 1.82) is 0 Å². The van der Waals surface area contributed by atoms with Crippen LogP contribution in [0.25, 0.3) is 17.0 Å². The number of fused-ring (bicyclic) bond motifs is 2. The van der Waals surface area contributed by atoms with Gasteiger partial charge < -0.3 is 20.0 Å². The first-order valence-corrected chi connectivity index (χ1v) is 11.8. The highest BCUT2D eigenvalue weighted by atomic mass is 32.2. The third-order valence-corrected chi connectivity index (χ3v) is 6.85. The van der Waals surface area contributed by atoms with Crippen LogP contribution in [0.3, 0.4) is 0 Å². The lowest BCUT2D eigenvalue weighted by molar-refractivity contribution is -0.644. The van der Waals surface area contributed by atoms with Crippen LogP contribution in [-0.2, 0) is 11.8 Å². The molecule has 4 aromatic rings. The Kier molecular flexibility index (Phi) is 5.90. The molecule has 0 radical (unpaired) electrons. The summed E-state index contributed by atoms with van der Waals surface area (Å²) in [5.41, 5.74) is 3.40. The summed E-state index contributed by atoms with van der Waals surface area (Å²) in [6.45, 7) is 0.618. The van der Waals surface area contributed by atoms with Gasteiger partial charge in [0.2, 0.25) is 17.3 Å². The van der Waals surface area contributed by atoms with Gasteiger partial charge in [0.1, 0.15) is 7.05 Å². The predicted octanol–water partition coefficient (Wildman–Crippen LogP) is 4.22. The van der Waals surface area contributed by atoms with Crippen LogP contribution >= 0.6 is 11.8 Å². The molecule has 0 saturated heterocycles. The number of rotatable bonds is 6. The van der Waals surface area contributed by atoms with Gasteiger partial charge in [-0.3, -0.25) is 0 Å². The third-order valence-electron chi connectivity index (χ3n) is 5.74. The van der Waals surface area contributed by atoms with E-state index in [2.05, 4.69) is 52.1 Å². The zero-order valence-electron chi connectivity index (χ0n) is 18.6. The van der Waals surface area contributed by atoms with Crippen LogP contribution in [0.2, 0.25) is 0 Å². The van der Waals surface area contributed by atoms with Crippen LogP contribution in [0.5, 0.6) is 11.8 Å². The lowest BCUT2D eigenvalue weighted by Crippen LogP contribution is -2.28. The molecule has 0 saturated carbocycles. The lowest BCUT2D eigenvalue weighted by Gasteiger charge is -2.20. The van der Waals surface area contributed by atoms with Crippen molar-refractivity contribution in [3.8, 4) is 11.8 Å². The van der Waals surface area contributed by atoms with Crippen LogP contribution in [-0.4, -0.2) is 27.5 Å². The molecule has 1 aliphatic heterocycles. The van der Waals surface area contributed by atoms with E-state index in [9.17, 15) is 15.0 Å². The number of thioether (sulfide) groups is 1. The number of carbonyl (C=O) groups excluding carboxylic acids is 1. The van der Waals surface area contributed by atoms with E-state index in [1.807, 2.05) is 31.3 Å². The summed E-state index contributed by atoms with van der Waals surface area (Å²) in [6.07, 6.45) is 4.94. The van der Waals surface area contributed by atoms with E-state index in [-0.39, 0.29) is 18.2 Å². The Morgan fingerprint density at radius 2 is 1.76 bits per heavy atom. The molecule has 2 aromatic heterocycles. The number of aryl methyl sites for hydroxylation is 1. The molecule has 0 fully saturated rings. The second-order valence-corrected chi connectivity index (χ2v) is 9.08. The zero-order valence-corrected chi connectivity index (χ0v) is 19.4. The molecule has 3 heterocycles. The van der Waals surface area contributed by atoms with Gasteiger partial charge in [0, 0.05) is 42.1 Å². The van der Waals surface area contributed by atoms with Crippen molar-refractivity contribution >= 4 is 40.4 Å². The van der Waals surface area contributed by atoms with E-state index in [4.69, 9.17) is 4.84 Å². The normalized spacial score (nSPS) is 14.0. The summed E-state index contributed by atoms with van der Waals surface area (Å²) in [5.74, 6) is -1.19. The van der Waals surface area contributed by atoms with Crippen LogP contribution in [0.15, 0.2) is 82.9 Å². The highest BCUT2D eigenvalue weighted by Crippen LogP contribution is 2.46. The van der Waals surface area contributed by atoms with E-state index >= 15 is 0 Å². The molecule has 8 heteroatoms. The summed E-state index contributed by atoms with van der Waals surface area (Å²) in [6, 6.07) is 21.2. The Morgan fingerprint density at radius 3 is 2.59 bits per heavy atom. The van der Waals surface area contributed by atoms with Gasteiger partial charge in [-0.2, -0.15) is 0 Å². The number of benzene rings is 2. The number of pyridine rings is 1. The standard InChI is InChI=1S/C26H23N3O4S/c1-27-16-14-18(19-7-2-3-8-20(19)27)17-25-28(21-9-4-5-10-22(21)34-25)15-6-11-26(32)33-29-23(30)12-13-24(29)31/h2-5,7-10,12-14,16-17H,6,11,15H2,1H3,(H-,30,31)/p+1. The largest absolute Gasteiger partial charge is 0.492 e. The Hall–Kier alpha value is -3.91. The lowest BCUT2D eigenvalue weighted by atomic mass is 10.1. The first-order valence-electron chi connectivity index (χ1n) is 11.0.